The molecule has 1 atom stereocenters. The van der Waals surface area contributed by atoms with Crippen LogP contribution >= 0.6 is 0 Å². The molecule has 0 aromatic carbocycles. The van der Waals surface area contributed by atoms with Crippen LogP contribution in [0.1, 0.15) is 12.8 Å². The van der Waals surface area contributed by atoms with Crippen LogP contribution in [-0.2, 0) is 14.4 Å². The molecule has 0 radical (unpaired) electrons. The van der Waals surface area contributed by atoms with E-state index in [0.717, 1.165) is 0 Å². The van der Waals surface area contributed by atoms with Gasteiger partial charge in [-0.15, -0.1) is 0 Å². The number of carbonyl (C=O) groups excluding carboxylic acids is 2. The van der Waals surface area contributed by atoms with Crippen molar-refractivity contribution in [2.24, 2.45) is 5.73 Å². The van der Waals surface area contributed by atoms with Crippen molar-refractivity contribution in [2.75, 3.05) is 6.54 Å². The summed E-state index contributed by atoms with van der Waals surface area (Å²) < 4.78 is 0. The predicted molar refractivity (Wildman–Crippen MR) is 42.9 cm³/mol. The molecule has 0 bridgehead atoms. The number of carbonyl (C=O) groups is 3. The van der Waals surface area contributed by atoms with Crippen molar-refractivity contribution >= 4 is 17.8 Å². The molecule has 0 aromatic heterocycles. The van der Waals surface area contributed by atoms with Crippen LogP contribution in [0.2, 0.25) is 0 Å². The minimum absolute atomic E-state index is 0. The molecule has 4 N–H and O–H groups in total. The predicted octanol–water partition coefficient (Wildman–Crippen LogP) is -5.95. The van der Waals surface area contributed by atoms with Gasteiger partial charge in [-0.05, 0) is 6.42 Å². The van der Waals surface area contributed by atoms with E-state index in [1.807, 2.05) is 0 Å². The van der Waals surface area contributed by atoms with E-state index in [9.17, 15) is 19.5 Å². The fourth-order valence-electron chi connectivity index (χ4n) is 0.795. The summed E-state index contributed by atoms with van der Waals surface area (Å²) in [6, 6.07) is -1.17. The standard InChI is InChI=1S/C7H12N2O5.Na/c8-5(10)3-9-4(7(13)14)1-2-6(11)12;/h4,9H,1-3H2,(H2,8,10)(H,11,12)(H,13,14);/q;+1/p-1/t4-;/m0./s1. The number of nitrogens with one attached hydrogen (secondary N) is 1. The van der Waals surface area contributed by atoms with Gasteiger partial charge in [0.2, 0.25) is 5.91 Å². The largest absolute Gasteiger partial charge is 1.00 e. The molecule has 80 valence electrons. The van der Waals surface area contributed by atoms with Gasteiger partial charge in [0.15, 0.2) is 0 Å². The van der Waals surface area contributed by atoms with Gasteiger partial charge in [-0.25, -0.2) is 0 Å². The number of carboxylic acid groups (broad SMARTS) is 2. The van der Waals surface area contributed by atoms with Gasteiger partial charge in [-0.1, -0.05) is 0 Å². The summed E-state index contributed by atoms with van der Waals surface area (Å²) in [5, 5.41) is 21.0. The first kappa shape index (κ1) is 16.8. The molecule has 15 heavy (non-hydrogen) atoms. The molecular weight excluding hydrogens is 215 g/mol. The normalized spacial score (nSPS) is 11.2. The summed E-state index contributed by atoms with van der Waals surface area (Å²) in [5.74, 6) is -3.28. The smallest absolute Gasteiger partial charge is 0.548 e. The second-order valence-corrected chi connectivity index (χ2v) is 2.65. The van der Waals surface area contributed by atoms with E-state index in [4.69, 9.17) is 10.8 Å². The van der Waals surface area contributed by atoms with Crippen molar-refractivity contribution in [1.82, 2.24) is 5.32 Å². The van der Waals surface area contributed by atoms with Gasteiger partial charge in [0.05, 0.1) is 12.5 Å². The molecule has 0 saturated heterocycles. The summed E-state index contributed by atoms with van der Waals surface area (Å²) in [6.45, 7) is -0.321. The van der Waals surface area contributed by atoms with Crippen LogP contribution in [0.3, 0.4) is 0 Å². The van der Waals surface area contributed by atoms with Gasteiger partial charge in [0.25, 0.3) is 0 Å². The molecule has 0 aromatic rings. The van der Waals surface area contributed by atoms with E-state index in [0.29, 0.717) is 0 Å². The van der Waals surface area contributed by atoms with E-state index in [1.165, 1.54) is 0 Å². The van der Waals surface area contributed by atoms with Crippen molar-refractivity contribution in [2.45, 2.75) is 18.9 Å². The zero-order valence-corrected chi connectivity index (χ0v) is 10.4. The number of hydrogen-bond acceptors (Lipinski definition) is 5. The van der Waals surface area contributed by atoms with Crippen molar-refractivity contribution in [3.63, 3.8) is 0 Å². The van der Waals surface area contributed by atoms with Crippen LogP contribution in [0.4, 0.5) is 0 Å². The Labute approximate surface area is 108 Å². The minimum atomic E-state index is -1.45. The van der Waals surface area contributed by atoms with Gasteiger partial charge in [-0.2, -0.15) is 0 Å². The number of carboxylic acids is 2. The SMILES string of the molecule is NC(=O)CN[C@@H](CCC(=O)O)C(=O)[O-].[Na+]. The quantitative estimate of drug-likeness (QED) is 0.370. The molecule has 0 fully saturated rings. The molecule has 1 amide bonds. The second kappa shape index (κ2) is 8.66. The molecule has 0 heterocycles. The first-order valence-electron chi connectivity index (χ1n) is 3.88. The number of primary amides is 1. The molecule has 0 spiro atoms. The Morgan fingerprint density at radius 3 is 2.27 bits per heavy atom. The molecule has 0 aliphatic rings. The van der Waals surface area contributed by atoms with Gasteiger partial charge in [0, 0.05) is 12.5 Å². The first-order chi connectivity index (χ1) is 6.43. The van der Waals surface area contributed by atoms with E-state index in [2.05, 4.69) is 5.32 Å². The van der Waals surface area contributed by atoms with E-state index in [-0.39, 0.29) is 48.9 Å². The fourth-order valence-corrected chi connectivity index (χ4v) is 0.795. The average Bonchev–Trinajstić information content (AvgIpc) is 2.02. The van der Waals surface area contributed by atoms with Crippen LogP contribution in [0.15, 0.2) is 0 Å². The van der Waals surface area contributed by atoms with Crippen molar-refractivity contribution in [1.29, 1.82) is 0 Å². The molecule has 0 aliphatic carbocycles. The molecule has 0 saturated carbocycles. The first-order valence-corrected chi connectivity index (χ1v) is 3.88. The van der Waals surface area contributed by atoms with Crippen LogP contribution in [0, 0.1) is 0 Å². The number of rotatable bonds is 7. The van der Waals surface area contributed by atoms with Gasteiger partial charge in [-0.3, -0.25) is 9.59 Å². The van der Waals surface area contributed by atoms with Gasteiger partial charge in [0.1, 0.15) is 0 Å². The number of aliphatic carboxylic acids is 2. The third-order valence-corrected chi connectivity index (χ3v) is 1.45. The van der Waals surface area contributed by atoms with Crippen LogP contribution < -0.4 is 45.7 Å². The van der Waals surface area contributed by atoms with E-state index < -0.39 is 23.9 Å². The Kier molecular flexibility index (Phi) is 9.69. The molecule has 0 rings (SSSR count). The summed E-state index contributed by atoms with van der Waals surface area (Å²) >= 11 is 0. The molecule has 7 nitrogen and oxygen atoms in total. The number of hydrogen-bond donors (Lipinski definition) is 3. The maximum Gasteiger partial charge on any atom is 1.00 e. The number of amides is 1. The van der Waals surface area contributed by atoms with E-state index >= 15 is 0 Å². The minimum Gasteiger partial charge on any atom is -0.548 e. The fraction of sp³-hybridized carbons (Fsp3) is 0.571. The van der Waals surface area contributed by atoms with Crippen molar-refractivity contribution in [3.8, 4) is 0 Å². The van der Waals surface area contributed by atoms with Gasteiger partial charge < -0.3 is 26.1 Å². The van der Waals surface area contributed by atoms with Crippen LogP contribution in [0.25, 0.3) is 0 Å². The second-order valence-electron chi connectivity index (χ2n) is 2.65. The summed E-state index contributed by atoms with van der Waals surface area (Å²) in [7, 11) is 0. The van der Waals surface area contributed by atoms with Crippen molar-refractivity contribution in [3.05, 3.63) is 0 Å². The van der Waals surface area contributed by atoms with Crippen LogP contribution in [0.5, 0.6) is 0 Å². The average molecular weight is 226 g/mol. The topological polar surface area (TPSA) is 133 Å². The summed E-state index contributed by atoms with van der Waals surface area (Å²) in [4.78, 5) is 30.8. The molecular formula is C7H11N2NaO5. The molecule has 8 heteroatoms. The zero-order chi connectivity index (χ0) is 11.1. The third kappa shape index (κ3) is 9.67. The Bertz CT molecular complexity index is 228. The number of nitrogens with two attached hydrogens (primary N) is 1. The van der Waals surface area contributed by atoms with E-state index in [1.54, 1.807) is 0 Å². The maximum atomic E-state index is 10.4. The third-order valence-electron chi connectivity index (χ3n) is 1.45. The summed E-state index contributed by atoms with van der Waals surface area (Å²) in [5.41, 5.74) is 4.77. The van der Waals surface area contributed by atoms with Crippen molar-refractivity contribution < 1.29 is 54.2 Å². The Morgan fingerprint density at radius 2 is 1.93 bits per heavy atom. The zero-order valence-electron chi connectivity index (χ0n) is 8.36. The van der Waals surface area contributed by atoms with Crippen LogP contribution in [-0.4, -0.2) is 35.5 Å². The molecule has 0 aliphatic heterocycles. The summed E-state index contributed by atoms with van der Waals surface area (Å²) in [6.07, 6.45) is -0.463. The Hall–Kier alpha value is -0.630. The Morgan fingerprint density at radius 1 is 1.40 bits per heavy atom. The maximum absolute atomic E-state index is 10.4. The monoisotopic (exact) mass is 226 g/mol. The molecule has 0 unspecified atom stereocenters. The van der Waals surface area contributed by atoms with Gasteiger partial charge >= 0.3 is 35.5 Å². The Balaban J connectivity index is 0.